The van der Waals surface area contributed by atoms with Gasteiger partial charge >= 0.3 is 0 Å². The summed E-state index contributed by atoms with van der Waals surface area (Å²) < 4.78 is 4.82. The molecule has 60 valence electrons. The van der Waals surface area contributed by atoms with Gasteiger partial charge in [0.15, 0.2) is 0 Å². The fourth-order valence-corrected chi connectivity index (χ4v) is 0.689. The highest BCUT2D eigenvalue weighted by Gasteiger charge is 2.02. The lowest BCUT2D eigenvalue weighted by Crippen LogP contribution is -1.96. The van der Waals surface area contributed by atoms with Crippen molar-refractivity contribution in [2.45, 2.75) is 13.0 Å². The van der Waals surface area contributed by atoms with Crippen molar-refractivity contribution in [2.24, 2.45) is 0 Å². The number of hydrogen-bond acceptors (Lipinski definition) is 4. The maximum absolute atomic E-state index is 9.12. The Morgan fingerprint density at radius 2 is 2.36 bits per heavy atom. The number of aliphatic hydroxyl groups is 1. The zero-order valence-electron chi connectivity index (χ0n) is 6.48. The fraction of sp³-hybridized carbons (Fsp3) is 0.429. The lowest BCUT2D eigenvalue weighted by molar-refractivity contribution is 0.198. The lowest BCUT2D eigenvalue weighted by atomic mass is 10.2. The molecule has 1 unspecified atom stereocenters. The summed E-state index contributed by atoms with van der Waals surface area (Å²) in [5.41, 5.74) is 0.705. The van der Waals surface area contributed by atoms with E-state index in [0.29, 0.717) is 11.4 Å². The van der Waals surface area contributed by atoms with Crippen molar-refractivity contribution in [1.29, 1.82) is 0 Å². The van der Waals surface area contributed by atoms with Crippen LogP contribution in [0.5, 0.6) is 5.88 Å². The second kappa shape index (κ2) is 3.30. The van der Waals surface area contributed by atoms with Crippen LogP contribution in [0.25, 0.3) is 0 Å². The molecule has 0 fully saturated rings. The van der Waals surface area contributed by atoms with Crippen molar-refractivity contribution in [2.75, 3.05) is 7.11 Å². The number of hydrogen-bond donors (Lipinski definition) is 1. The highest BCUT2D eigenvalue weighted by Crippen LogP contribution is 2.13. The van der Waals surface area contributed by atoms with E-state index in [4.69, 9.17) is 9.84 Å². The van der Waals surface area contributed by atoms with Gasteiger partial charge in [-0.1, -0.05) is 0 Å². The molecule has 0 amide bonds. The Morgan fingerprint density at radius 3 is 2.91 bits per heavy atom. The van der Waals surface area contributed by atoms with Gasteiger partial charge in [0.2, 0.25) is 5.88 Å². The van der Waals surface area contributed by atoms with Crippen LogP contribution in [0.15, 0.2) is 12.3 Å². The van der Waals surface area contributed by atoms with E-state index in [0.717, 1.165) is 0 Å². The number of methoxy groups -OCH3 is 1. The first-order chi connectivity index (χ1) is 5.24. The van der Waals surface area contributed by atoms with Gasteiger partial charge in [-0.3, -0.25) is 0 Å². The minimum Gasteiger partial charge on any atom is -0.480 e. The molecule has 0 aromatic carbocycles. The summed E-state index contributed by atoms with van der Waals surface area (Å²) in [6.45, 7) is 1.66. The number of aliphatic hydroxyl groups excluding tert-OH is 1. The van der Waals surface area contributed by atoms with Crippen molar-refractivity contribution in [3.63, 3.8) is 0 Å². The van der Waals surface area contributed by atoms with E-state index in [9.17, 15) is 0 Å². The summed E-state index contributed by atoms with van der Waals surface area (Å²) >= 11 is 0. The van der Waals surface area contributed by atoms with Crippen molar-refractivity contribution in [3.05, 3.63) is 17.8 Å². The molecule has 1 rings (SSSR count). The second-order valence-electron chi connectivity index (χ2n) is 2.21. The van der Waals surface area contributed by atoms with E-state index in [-0.39, 0.29) is 0 Å². The number of ether oxygens (including phenoxy) is 1. The van der Waals surface area contributed by atoms with Crippen molar-refractivity contribution in [3.8, 4) is 5.88 Å². The lowest BCUT2D eigenvalue weighted by Gasteiger charge is -2.03. The van der Waals surface area contributed by atoms with Crippen molar-refractivity contribution in [1.82, 2.24) is 10.2 Å². The van der Waals surface area contributed by atoms with Crippen LogP contribution in [0, 0.1) is 0 Å². The predicted molar refractivity (Wildman–Crippen MR) is 39.2 cm³/mol. The zero-order valence-corrected chi connectivity index (χ0v) is 6.48. The smallest absolute Gasteiger partial charge is 0.233 e. The molecule has 1 N–H and O–H groups in total. The Balaban J connectivity index is 2.91. The molecule has 0 saturated heterocycles. The first kappa shape index (κ1) is 7.94. The average Bonchev–Trinajstić information content (AvgIpc) is 2.05. The third-order valence-corrected chi connectivity index (χ3v) is 1.34. The third-order valence-electron chi connectivity index (χ3n) is 1.34. The van der Waals surface area contributed by atoms with Crippen LogP contribution in [0.3, 0.4) is 0 Å². The zero-order chi connectivity index (χ0) is 8.27. The molecular weight excluding hydrogens is 144 g/mol. The van der Waals surface area contributed by atoms with Crippen LogP contribution in [0.2, 0.25) is 0 Å². The first-order valence-electron chi connectivity index (χ1n) is 3.28. The molecule has 0 spiro atoms. The quantitative estimate of drug-likeness (QED) is 0.675. The highest BCUT2D eigenvalue weighted by molar-refractivity contribution is 5.18. The molecule has 0 bridgehead atoms. The fourth-order valence-electron chi connectivity index (χ4n) is 0.689. The monoisotopic (exact) mass is 154 g/mol. The summed E-state index contributed by atoms with van der Waals surface area (Å²) in [5, 5.41) is 16.4. The maximum atomic E-state index is 9.12. The maximum Gasteiger partial charge on any atom is 0.233 e. The van der Waals surface area contributed by atoms with Crippen LogP contribution in [-0.4, -0.2) is 22.4 Å². The predicted octanol–water partition coefficient (Wildman–Crippen LogP) is 0.538. The van der Waals surface area contributed by atoms with Gasteiger partial charge in [-0.25, -0.2) is 0 Å². The van der Waals surface area contributed by atoms with Crippen LogP contribution in [-0.2, 0) is 0 Å². The molecular formula is C7H10N2O2. The molecule has 0 aliphatic rings. The molecule has 1 heterocycles. The Labute approximate surface area is 64.8 Å². The first-order valence-corrected chi connectivity index (χ1v) is 3.28. The van der Waals surface area contributed by atoms with Gasteiger partial charge in [0.25, 0.3) is 0 Å². The van der Waals surface area contributed by atoms with Crippen LogP contribution in [0.1, 0.15) is 18.6 Å². The van der Waals surface area contributed by atoms with E-state index < -0.39 is 6.10 Å². The van der Waals surface area contributed by atoms with Gasteiger partial charge in [-0.05, 0) is 6.92 Å². The van der Waals surface area contributed by atoms with Crippen molar-refractivity contribution < 1.29 is 9.84 Å². The minimum absolute atomic E-state index is 0.420. The molecule has 4 heteroatoms. The summed E-state index contributed by atoms with van der Waals surface area (Å²) in [5.74, 6) is 0.420. The molecule has 1 aromatic rings. The summed E-state index contributed by atoms with van der Waals surface area (Å²) in [6, 6.07) is 1.65. The van der Waals surface area contributed by atoms with Gasteiger partial charge in [0.05, 0.1) is 19.4 Å². The van der Waals surface area contributed by atoms with Crippen LogP contribution in [0.4, 0.5) is 0 Å². The van der Waals surface area contributed by atoms with Crippen LogP contribution >= 0.6 is 0 Å². The van der Waals surface area contributed by atoms with Crippen molar-refractivity contribution >= 4 is 0 Å². The van der Waals surface area contributed by atoms with E-state index in [1.165, 1.54) is 13.3 Å². The molecule has 1 atom stereocenters. The van der Waals surface area contributed by atoms with E-state index in [1.54, 1.807) is 13.0 Å². The van der Waals surface area contributed by atoms with Gasteiger partial charge in [-0.2, -0.15) is 5.10 Å². The van der Waals surface area contributed by atoms with Gasteiger partial charge in [-0.15, -0.1) is 5.10 Å². The van der Waals surface area contributed by atoms with E-state index >= 15 is 0 Å². The molecule has 4 nitrogen and oxygen atoms in total. The Bertz CT molecular complexity index is 238. The minimum atomic E-state index is -0.528. The van der Waals surface area contributed by atoms with E-state index in [1.807, 2.05) is 0 Å². The molecule has 0 aliphatic heterocycles. The number of aromatic nitrogens is 2. The number of nitrogens with zero attached hydrogens (tertiary/aromatic N) is 2. The van der Waals surface area contributed by atoms with Gasteiger partial charge < -0.3 is 9.84 Å². The average molecular weight is 154 g/mol. The third kappa shape index (κ3) is 1.88. The molecule has 1 aromatic heterocycles. The molecule has 11 heavy (non-hydrogen) atoms. The Morgan fingerprint density at radius 1 is 1.64 bits per heavy atom. The molecule has 0 saturated carbocycles. The largest absolute Gasteiger partial charge is 0.480 e. The van der Waals surface area contributed by atoms with Gasteiger partial charge in [0, 0.05) is 11.6 Å². The summed E-state index contributed by atoms with van der Waals surface area (Å²) in [6.07, 6.45) is 0.979. The standard InChI is InChI=1S/C7H10N2O2/c1-5(10)6-3-7(11-2)9-8-4-6/h3-5,10H,1-2H3. The van der Waals surface area contributed by atoms with Gasteiger partial charge in [0.1, 0.15) is 0 Å². The highest BCUT2D eigenvalue weighted by atomic mass is 16.5. The second-order valence-corrected chi connectivity index (χ2v) is 2.21. The van der Waals surface area contributed by atoms with E-state index in [2.05, 4.69) is 10.2 Å². The van der Waals surface area contributed by atoms with Crippen LogP contribution < -0.4 is 4.74 Å². The Kier molecular flexibility index (Phi) is 2.38. The molecule has 0 radical (unpaired) electrons. The number of rotatable bonds is 2. The summed E-state index contributed by atoms with van der Waals surface area (Å²) in [4.78, 5) is 0. The SMILES string of the molecule is COc1cc(C(C)O)cnn1. The topological polar surface area (TPSA) is 55.2 Å². The Hall–Kier alpha value is -1.16. The summed E-state index contributed by atoms with van der Waals surface area (Å²) in [7, 11) is 1.51. The molecule has 0 aliphatic carbocycles. The normalized spacial score (nSPS) is 12.6.